The van der Waals surface area contributed by atoms with Crippen molar-refractivity contribution in [1.82, 2.24) is 20.0 Å². The Bertz CT molecular complexity index is 1280. The lowest BCUT2D eigenvalue weighted by Gasteiger charge is -2.10. The first-order chi connectivity index (χ1) is 14.3. The van der Waals surface area contributed by atoms with Crippen LogP contribution in [0.5, 0.6) is 0 Å². The maximum absolute atomic E-state index is 14.9. The third-order valence-electron chi connectivity index (χ3n) is 4.41. The molecule has 8 nitrogen and oxygen atoms in total. The average molecular weight is 426 g/mol. The van der Waals surface area contributed by atoms with Crippen molar-refractivity contribution >= 4 is 27.2 Å². The van der Waals surface area contributed by atoms with Gasteiger partial charge in [0.2, 0.25) is 10.0 Å². The van der Waals surface area contributed by atoms with Crippen LogP contribution >= 0.6 is 0 Å². The summed E-state index contributed by atoms with van der Waals surface area (Å²) >= 11 is 0. The Hall–Kier alpha value is -3.66. The number of hydrogen-bond acceptors (Lipinski definition) is 5. The fourth-order valence-electron chi connectivity index (χ4n) is 3.01. The number of halogens is 1. The van der Waals surface area contributed by atoms with Crippen molar-refractivity contribution in [3.05, 3.63) is 72.3 Å². The molecule has 0 unspecified atom stereocenters. The van der Waals surface area contributed by atoms with Gasteiger partial charge in [-0.05, 0) is 48.9 Å². The molecule has 0 bridgehead atoms. The fourth-order valence-corrected chi connectivity index (χ4v) is 3.57. The molecule has 0 radical (unpaired) electrons. The summed E-state index contributed by atoms with van der Waals surface area (Å²) in [6.45, 7) is 1.79. The third-order valence-corrected chi connectivity index (χ3v) is 5.02. The number of nitrogens with zero attached hydrogens (tertiary/aromatic N) is 3. The Balaban J connectivity index is 1.55. The molecular formula is C20H19FN6O2S. The van der Waals surface area contributed by atoms with Gasteiger partial charge in [-0.25, -0.2) is 17.5 Å². The highest BCUT2D eigenvalue weighted by Gasteiger charge is 2.16. The predicted molar refractivity (Wildman–Crippen MR) is 114 cm³/mol. The van der Waals surface area contributed by atoms with E-state index in [0.717, 1.165) is 17.5 Å². The molecular weight excluding hydrogens is 407 g/mol. The summed E-state index contributed by atoms with van der Waals surface area (Å²) in [5.74, 6) is -0.465. The summed E-state index contributed by atoms with van der Waals surface area (Å²) in [6, 6.07) is 14.0. The Kier molecular flexibility index (Phi) is 5.00. The highest BCUT2D eigenvalue weighted by Crippen LogP contribution is 2.29. The van der Waals surface area contributed by atoms with E-state index in [1.54, 1.807) is 48.1 Å². The first-order valence-corrected chi connectivity index (χ1v) is 10.9. The van der Waals surface area contributed by atoms with Crippen LogP contribution in [0.2, 0.25) is 0 Å². The predicted octanol–water partition coefficient (Wildman–Crippen LogP) is 3.83. The van der Waals surface area contributed by atoms with Gasteiger partial charge in [0, 0.05) is 29.3 Å². The van der Waals surface area contributed by atoms with Crippen molar-refractivity contribution < 1.29 is 12.8 Å². The van der Waals surface area contributed by atoms with E-state index in [1.165, 1.54) is 0 Å². The van der Waals surface area contributed by atoms with Crippen molar-refractivity contribution in [2.75, 3.05) is 16.3 Å². The zero-order valence-electron chi connectivity index (χ0n) is 16.2. The number of benzene rings is 2. The summed E-state index contributed by atoms with van der Waals surface area (Å²) in [4.78, 5) is 0. The molecule has 2 aromatic carbocycles. The van der Waals surface area contributed by atoms with Crippen LogP contribution in [0.3, 0.4) is 0 Å². The molecule has 30 heavy (non-hydrogen) atoms. The van der Waals surface area contributed by atoms with Gasteiger partial charge in [-0.15, -0.1) is 0 Å². The largest absolute Gasteiger partial charge is 0.336 e. The van der Waals surface area contributed by atoms with Crippen LogP contribution in [-0.4, -0.2) is 34.7 Å². The monoisotopic (exact) mass is 426 g/mol. The van der Waals surface area contributed by atoms with Gasteiger partial charge in [0.25, 0.3) is 0 Å². The van der Waals surface area contributed by atoms with Gasteiger partial charge >= 0.3 is 0 Å². The standard InChI is InChI=1S/C20H19FN6O2S/c1-13-12-15(26-30(2,28)29)6-9-17(13)23-20-18(21)19(24-25-20)14-4-7-16(8-5-14)27-11-3-10-22-27/h3-12,26H,1-2H3,(H2,23,24,25). The molecule has 2 heterocycles. The van der Waals surface area contributed by atoms with Crippen molar-refractivity contribution in [3.8, 4) is 16.9 Å². The van der Waals surface area contributed by atoms with Gasteiger partial charge in [0.15, 0.2) is 11.6 Å². The van der Waals surface area contributed by atoms with Crippen LogP contribution < -0.4 is 10.0 Å². The number of anilines is 3. The molecule has 2 aromatic heterocycles. The van der Waals surface area contributed by atoms with E-state index in [0.29, 0.717) is 16.9 Å². The Labute approximate surface area is 172 Å². The minimum Gasteiger partial charge on any atom is -0.336 e. The second-order valence-corrected chi connectivity index (χ2v) is 8.54. The minimum absolute atomic E-state index is 0.0491. The van der Waals surface area contributed by atoms with E-state index < -0.39 is 15.8 Å². The zero-order valence-corrected chi connectivity index (χ0v) is 17.0. The number of H-pyrrole nitrogens is 1. The number of rotatable bonds is 6. The van der Waals surface area contributed by atoms with Crippen molar-refractivity contribution in [2.45, 2.75) is 6.92 Å². The third kappa shape index (κ3) is 4.18. The normalized spacial score (nSPS) is 11.4. The molecule has 0 aliphatic rings. The topological polar surface area (TPSA) is 105 Å². The minimum atomic E-state index is -3.37. The maximum Gasteiger partial charge on any atom is 0.229 e. The van der Waals surface area contributed by atoms with Crippen molar-refractivity contribution in [2.24, 2.45) is 0 Å². The summed E-state index contributed by atoms with van der Waals surface area (Å²) in [5, 5.41) is 13.9. The molecule has 4 rings (SSSR count). The van der Waals surface area contributed by atoms with E-state index in [9.17, 15) is 12.8 Å². The van der Waals surface area contributed by atoms with Crippen LogP contribution in [0.25, 0.3) is 16.9 Å². The van der Waals surface area contributed by atoms with E-state index >= 15 is 0 Å². The highest BCUT2D eigenvalue weighted by molar-refractivity contribution is 7.92. The first kappa shape index (κ1) is 19.6. The molecule has 154 valence electrons. The van der Waals surface area contributed by atoms with Crippen LogP contribution in [0.15, 0.2) is 60.9 Å². The molecule has 0 atom stereocenters. The van der Waals surface area contributed by atoms with Gasteiger partial charge in [0.1, 0.15) is 5.69 Å². The molecule has 3 N–H and O–H groups in total. The summed E-state index contributed by atoms with van der Waals surface area (Å²) in [5.41, 5.74) is 3.54. The molecule has 10 heteroatoms. The van der Waals surface area contributed by atoms with Crippen LogP contribution in [0.1, 0.15) is 5.56 Å². The summed E-state index contributed by atoms with van der Waals surface area (Å²) in [6.07, 6.45) is 4.59. The fraction of sp³-hybridized carbons (Fsp3) is 0.100. The van der Waals surface area contributed by atoms with Gasteiger partial charge in [-0.1, -0.05) is 12.1 Å². The number of hydrogen-bond donors (Lipinski definition) is 3. The zero-order chi connectivity index (χ0) is 21.3. The Morgan fingerprint density at radius 2 is 1.90 bits per heavy atom. The van der Waals surface area contributed by atoms with E-state index in [4.69, 9.17) is 0 Å². The Morgan fingerprint density at radius 3 is 2.53 bits per heavy atom. The second-order valence-electron chi connectivity index (χ2n) is 6.79. The lowest BCUT2D eigenvalue weighted by atomic mass is 10.1. The van der Waals surface area contributed by atoms with Gasteiger partial charge < -0.3 is 5.32 Å². The average Bonchev–Trinajstić information content (AvgIpc) is 3.34. The summed E-state index contributed by atoms with van der Waals surface area (Å²) < 4.78 is 41.8. The lowest BCUT2D eigenvalue weighted by molar-refractivity contribution is 0.607. The van der Waals surface area contributed by atoms with E-state index in [-0.39, 0.29) is 11.5 Å². The molecule has 4 aromatic rings. The van der Waals surface area contributed by atoms with E-state index in [1.807, 2.05) is 24.4 Å². The first-order valence-electron chi connectivity index (χ1n) is 9.00. The van der Waals surface area contributed by atoms with Crippen LogP contribution in [0, 0.1) is 12.7 Å². The van der Waals surface area contributed by atoms with Gasteiger partial charge in [-0.3, -0.25) is 9.82 Å². The molecule has 0 aliphatic heterocycles. The maximum atomic E-state index is 14.9. The van der Waals surface area contributed by atoms with Crippen LogP contribution in [-0.2, 0) is 10.0 Å². The molecule has 0 spiro atoms. The lowest BCUT2D eigenvalue weighted by Crippen LogP contribution is -2.09. The van der Waals surface area contributed by atoms with Gasteiger partial charge in [0.05, 0.1) is 11.9 Å². The Morgan fingerprint density at radius 1 is 1.13 bits per heavy atom. The van der Waals surface area contributed by atoms with Crippen LogP contribution in [0.4, 0.5) is 21.6 Å². The highest BCUT2D eigenvalue weighted by atomic mass is 32.2. The molecule has 0 fully saturated rings. The number of aromatic amines is 1. The van der Waals surface area contributed by atoms with Gasteiger partial charge in [-0.2, -0.15) is 10.2 Å². The van der Waals surface area contributed by atoms with Crippen molar-refractivity contribution in [3.63, 3.8) is 0 Å². The quantitative estimate of drug-likeness (QED) is 0.435. The summed E-state index contributed by atoms with van der Waals surface area (Å²) in [7, 11) is -3.37. The smallest absolute Gasteiger partial charge is 0.229 e. The SMILES string of the molecule is Cc1cc(NS(C)(=O)=O)ccc1Nc1n[nH]c(-c2ccc(-n3cccn3)cc2)c1F. The number of aromatic nitrogens is 4. The molecule has 0 amide bonds. The van der Waals surface area contributed by atoms with E-state index in [2.05, 4.69) is 25.3 Å². The second kappa shape index (κ2) is 7.64. The number of aryl methyl sites for hydroxylation is 1. The molecule has 0 aliphatic carbocycles. The number of nitrogens with one attached hydrogen (secondary N) is 3. The molecule has 0 saturated carbocycles. The number of sulfonamides is 1. The van der Waals surface area contributed by atoms with Crippen molar-refractivity contribution in [1.29, 1.82) is 0 Å². The molecule has 0 saturated heterocycles.